The van der Waals surface area contributed by atoms with Crippen molar-refractivity contribution in [3.05, 3.63) is 29.7 Å². The summed E-state index contributed by atoms with van der Waals surface area (Å²) in [6, 6.07) is 3.63. The van der Waals surface area contributed by atoms with E-state index in [1.807, 2.05) is 19.1 Å². The predicted octanol–water partition coefficient (Wildman–Crippen LogP) is 3.21. The number of carbonyl (C=O) groups is 1. The minimum atomic E-state index is -0.996. The second-order valence-electron chi connectivity index (χ2n) is 6.95. The number of pyridine rings is 1. The Labute approximate surface area is 175 Å². The standard InChI is InChI=1S/C20H27N5O5/c1-13-18(29-15-7-8-16(24-14(15)2)21-9-11-28-3)22-12-23-19(13)30-17-6-4-5-10-25(17)20(26)27/h7-8,12,17H,4-6,9-11H2,1-3H3,(H,21,24)(H,26,27). The van der Waals surface area contributed by atoms with Crippen LogP contribution in [0.3, 0.4) is 0 Å². The number of nitrogens with one attached hydrogen (secondary N) is 1. The van der Waals surface area contributed by atoms with Crippen molar-refractivity contribution in [1.29, 1.82) is 0 Å². The Morgan fingerprint density at radius 1 is 1.27 bits per heavy atom. The zero-order valence-electron chi connectivity index (χ0n) is 17.4. The molecule has 0 spiro atoms. The first kappa shape index (κ1) is 21.6. The molecular weight excluding hydrogens is 390 g/mol. The lowest BCUT2D eigenvalue weighted by Crippen LogP contribution is -2.46. The number of nitrogens with zero attached hydrogens (tertiary/aromatic N) is 4. The van der Waals surface area contributed by atoms with E-state index in [0.29, 0.717) is 54.9 Å². The number of methoxy groups -OCH3 is 1. The monoisotopic (exact) mass is 417 g/mol. The SMILES string of the molecule is COCCNc1ccc(Oc2ncnc(OC3CCCCN3C(=O)O)c2C)c(C)n1. The van der Waals surface area contributed by atoms with Gasteiger partial charge in [-0.25, -0.2) is 19.7 Å². The normalized spacial score (nSPS) is 16.2. The molecule has 30 heavy (non-hydrogen) atoms. The molecule has 0 bridgehead atoms. The highest BCUT2D eigenvalue weighted by Crippen LogP contribution is 2.31. The van der Waals surface area contributed by atoms with Crippen molar-refractivity contribution in [3.8, 4) is 17.5 Å². The molecule has 1 fully saturated rings. The van der Waals surface area contributed by atoms with E-state index < -0.39 is 12.3 Å². The number of likely N-dealkylation sites (tertiary alicyclic amines) is 1. The highest BCUT2D eigenvalue weighted by molar-refractivity contribution is 5.65. The number of hydrogen-bond donors (Lipinski definition) is 2. The molecule has 0 radical (unpaired) electrons. The van der Waals surface area contributed by atoms with Crippen LogP contribution in [0.1, 0.15) is 30.5 Å². The number of carboxylic acid groups (broad SMARTS) is 1. The first-order chi connectivity index (χ1) is 14.5. The molecule has 162 valence electrons. The molecule has 1 aliphatic rings. The van der Waals surface area contributed by atoms with Crippen LogP contribution >= 0.6 is 0 Å². The van der Waals surface area contributed by atoms with Gasteiger partial charge in [0.2, 0.25) is 11.8 Å². The Balaban J connectivity index is 1.73. The summed E-state index contributed by atoms with van der Waals surface area (Å²) < 4.78 is 16.9. The van der Waals surface area contributed by atoms with Gasteiger partial charge in [-0.2, -0.15) is 0 Å². The molecule has 10 heteroatoms. The van der Waals surface area contributed by atoms with E-state index in [0.717, 1.165) is 18.7 Å². The average Bonchev–Trinajstić information content (AvgIpc) is 2.73. The van der Waals surface area contributed by atoms with E-state index >= 15 is 0 Å². The van der Waals surface area contributed by atoms with Crippen LogP contribution in [0, 0.1) is 13.8 Å². The largest absolute Gasteiger partial charge is 0.465 e. The van der Waals surface area contributed by atoms with Gasteiger partial charge in [-0.3, -0.25) is 4.90 Å². The summed E-state index contributed by atoms with van der Waals surface area (Å²) in [7, 11) is 1.65. The van der Waals surface area contributed by atoms with Gasteiger partial charge >= 0.3 is 6.09 Å². The summed E-state index contributed by atoms with van der Waals surface area (Å²) in [5.74, 6) is 1.93. The van der Waals surface area contributed by atoms with Crippen molar-refractivity contribution in [3.63, 3.8) is 0 Å². The Kier molecular flexibility index (Phi) is 7.23. The fraction of sp³-hybridized carbons (Fsp3) is 0.500. The molecular formula is C20H27N5O5. The third-order valence-electron chi connectivity index (χ3n) is 4.79. The van der Waals surface area contributed by atoms with Crippen molar-refractivity contribution in [2.24, 2.45) is 0 Å². The molecule has 2 aromatic rings. The van der Waals surface area contributed by atoms with Crippen molar-refractivity contribution >= 4 is 11.9 Å². The van der Waals surface area contributed by atoms with Gasteiger partial charge < -0.3 is 24.6 Å². The van der Waals surface area contributed by atoms with E-state index in [9.17, 15) is 9.90 Å². The summed E-state index contributed by atoms with van der Waals surface area (Å²) >= 11 is 0. The fourth-order valence-electron chi connectivity index (χ4n) is 3.15. The first-order valence-electron chi connectivity index (χ1n) is 9.85. The molecule has 1 saturated heterocycles. The molecule has 10 nitrogen and oxygen atoms in total. The summed E-state index contributed by atoms with van der Waals surface area (Å²) in [6.45, 7) is 5.31. The molecule has 0 aliphatic carbocycles. The number of amides is 1. The van der Waals surface area contributed by atoms with Crippen molar-refractivity contribution < 1.29 is 24.1 Å². The predicted molar refractivity (Wildman–Crippen MR) is 109 cm³/mol. The minimum Gasteiger partial charge on any atom is -0.465 e. The van der Waals surface area contributed by atoms with E-state index in [4.69, 9.17) is 14.2 Å². The molecule has 0 saturated carbocycles. The smallest absolute Gasteiger partial charge is 0.410 e. The number of aryl methyl sites for hydroxylation is 1. The average molecular weight is 417 g/mol. The number of aromatic nitrogens is 3. The second-order valence-corrected chi connectivity index (χ2v) is 6.95. The van der Waals surface area contributed by atoms with Crippen LogP contribution in [-0.2, 0) is 4.74 Å². The third kappa shape index (κ3) is 5.26. The van der Waals surface area contributed by atoms with Gasteiger partial charge in [0.1, 0.15) is 12.1 Å². The van der Waals surface area contributed by atoms with Crippen molar-refractivity contribution in [2.45, 2.75) is 39.3 Å². The molecule has 3 rings (SSSR count). The molecule has 1 amide bonds. The number of piperidine rings is 1. The molecule has 3 heterocycles. The van der Waals surface area contributed by atoms with Gasteiger partial charge in [-0.15, -0.1) is 0 Å². The number of rotatable bonds is 8. The topological polar surface area (TPSA) is 119 Å². The Bertz CT molecular complexity index is 879. The molecule has 0 aromatic carbocycles. The van der Waals surface area contributed by atoms with Gasteiger partial charge in [0.25, 0.3) is 0 Å². The molecule has 2 N–H and O–H groups in total. The molecule has 1 atom stereocenters. The van der Waals surface area contributed by atoms with E-state index in [1.165, 1.54) is 11.2 Å². The minimum absolute atomic E-state index is 0.307. The van der Waals surface area contributed by atoms with Crippen LogP contribution in [0.15, 0.2) is 18.5 Å². The summed E-state index contributed by atoms with van der Waals surface area (Å²) in [5.41, 5.74) is 1.29. The summed E-state index contributed by atoms with van der Waals surface area (Å²) in [5, 5.41) is 12.6. The lowest BCUT2D eigenvalue weighted by molar-refractivity contribution is 0.00273. The Morgan fingerprint density at radius 2 is 2.07 bits per heavy atom. The highest BCUT2D eigenvalue weighted by Gasteiger charge is 2.29. The van der Waals surface area contributed by atoms with Crippen LogP contribution in [-0.4, -0.2) is 64.1 Å². The van der Waals surface area contributed by atoms with E-state index in [-0.39, 0.29) is 0 Å². The van der Waals surface area contributed by atoms with Gasteiger partial charge in [0.05, 0.1) is 17.9 Å². The quantitative estimate of drug-likeness (QED) is 0.624. The molecule has 2 aromatic heterocycles. The van der Waals surface area contributed by atoms with Gasteiger partial charge in [-0.1, -0.05) is 0 Å². The Hall–Kier alpha value is -3.14. The molecule has 1 aliphatic heterocycles. The highest BCUT2D eigenvalue weighted by atomic mass is 16.5. The van der Waals surface area contributed by atoms with Crippen LogP contribution < -0.4 is 14.8 Å². The maximum Gasteiger partial charge on any atom is 0.410 e. The lowest BCUT2D eigenvalue weighted by Gasteiger charge is -2.33. The second kappa shape index (κ2) is 10.1. The number of anilines is 1. The first-order valence-corrected chi connectivity index (χ1v) is 9.85. The van der Waals surface area contributed by atoms with Gasteiger partial charge in [0, 0.05) is 26.6 Å². The van der Waals surface area contributed by atoms with Gasteiger partial charge in [-0.05, 0) is 38.8 Å². The van der Waals surface area contributed by atoms with Crippen LogP contribution in [0.4, 0.5) is 10.6 Å². The summed E-state index contributed by atoms with van der Waals surface area (Å²) in [6.07, 6.45) is 2.12. The Morgan fingerprint density at radius 3 is 2.80 bits per heavy atom. The maximum atomic E-state index is 11.5. The van der Waals surface area contributed by atoms with E-state index in [1.54, 1.807) is 14.0 Å². The zero-order chi connectivity index (χ0) is 21.5. The number of hydrogen-bond acceptors (Lipinski definition) is 8. The summed E-state index contributed by atoms with van der Waals surface area (Å²) in [4.78, 5) is 25.6. The van der Waals surface area contributed by atoms with Gasteiger partial charge in [0.15, 0.2) is 12.0 Å². The number of ether oxygens (including phenoxy) is 3. The van der Waals surface area contributed by atoms with Crippen molar-refractivity contribution in [1.82, 2.24) is 19.9 Å². The van der Waals surface area contributed by atoms with E-state index in [2.05, 4.69) is 20.3 Å². The van der Waals surface area contributed by atoms with Crippen LogP contribution in [0.5, 0.6) is 17.5 Å². The lowest BCUT2D eigenvalue weighted by atomic mass is 10.1. The van der Waals surface area contributed by atoms with Crippen LogP contribution in [0.2, 0.25) is 0 Å². The fourth-order valence-corrected chi connectivity index (χ4v) is 3.15. The molecule has 1 unspecified atom stereocenters. The zero-order valence-corrected chi connectivity index (χ0v) is 17.4. The maximum absolute atomic E-state index is 11.5. The van der Waals surface area contributed by atoms with Crippen LogP contribution in [0.25, 0.3) is 0 Å². The third-order valence-corrected chi connectivity index (χ3v) is 4.79. The van der Waals surface area contributed by atoms with Crippen molar-refractivity contribution in [2.75, 3.05) is 32.1 Å².